The summed E-state index contributed by atoms with van der Waals surface area (Å²) in [5.41, 5.74) is 4.59. The highest BCUT2D eigenvalue weighted by atomic mass is 16.3. The monoisotopic (exact) mass is 281 g/mol. The third-order valence-corrected chi connectivity index (χ3v) is 4.62. The van der Waals surface area contributed by atoms with Crippen molar-refractivity contribution >= 4 is 5.69 Å². The van der Waals surface area contributed by atoms with E-state index in [9.17, 15) is 5.11 Å². The van der Waals surface area contributed by atoms with Crippen molar-refractivity contribution in [2.45, 2.75) is 38.1 Å². The van der Waals surface area contributed by atoms with E-state index in [0.717, 1.165) is 24.9 Å². The topological polar surface area (TPSA) is 32.3 Å². The molecule has 2 nitrogen and oxygen atoms in total. The molecule has 0 saturated heterocycles. The Bertz CT molecular complexity index is 622. The van der Waals surface area contributed by atoms with Gasteiger partial charge in [0.1, 0.15) is 0 Å². The molecular weight excluding hydrogens is 258 g/mol. The zero-order valence-electron chi connectivity index (χ0n) is 12.6. The molecule has 21 heavy (non-hydrogen) atoms. The molecule has 0 spiro atoms. The van der Waals surface area contributed by atoms with Gasteiger partial charge in [0.2, 0.25) is 0 Å². The van der Waals surface area contributed by atoms with Crippen molar-refractivity contribution in [1.29, 1.82) is 0 Å². The summed E-state index contributed by atoms with van der Waals surface area (Å²) in [6.07, 6.45) is 4.39. The third-order valence-electron chi connectivity index (χ3n) is 4.62. The summed E-state index contributed by atoms with van der Waals surface area (Å²) < 4.78 is 0. The van der Waals surface area contributed by atoms with Gasteiger partial charge in [0.15, 0.2) is 0 Å². The SMILES string of the molecule is Cc1ccccc1NC1(CO)CCCCc2ccccc21. The molecule has 1 unspecified atom stereocenters. The first-order valence-corrected chi connectivity index (χ1v) is 7.78. The van der Waals surface area contributed by atoms with E-state index in [1.54, 1.807) is 0 Å². The van der Waals surface area contributed by atoms with Gasteiger partial charge in [-0.2, -0.15) is 0 Å². The molecule has 0 heterocycles. The molecule has 2 aromatic rings. The minimum atomic E-state index is -0.362. The van der Waals surface area contributed by atoms with E-state index in [1.165, 1.54) is 23.1 Å². The average Bonchev–Trinajstić information content (AvgIpc) is 2.70. The number of rotatable bonds is 3. The number of aliphatic hydroxyl groups is 1. The van der Waals surface area contributed by atoms with Gasteiger partial charge in [-0.15, -0.1) is 0 Å². The molecule has 0 aliphatic heterocycles. The second-order valence-corrected chi connectivity index (χ2v) is 6.04. The summed E-state index contributed by atoms with van der Waals surface area (Å²) >= 11 is 0. The Kier molecular flexibility index (Phi) is 3.98. The van der Waals surface area contributed by atoms with Gasteiger partial charge < -0.3 is 10.4 Å². The molecule has 0 bridgehead atoms. The molecule has 3 rings (SSSR count). The van der Waals surface area contributed by atoms with Crippen molar-refractivity contribution in [2.24, 2.45) is 0 Å². The molecule has 1 atom stereocenters. The molecule has 2 N–H and O–H groups in total. The maximum absolute atomic E-state index is 10.2. The second-order valence-electron chi connectivity index (χ2n) is 6.04. The molecule has 110 valence electrons. The van der Waals surface area contributed by atoms with Crippen molar-refractivity contribution in [3.63, 3.8) is 0 Å². The van der Waals surface area contributed by atoms with Gasteiger partial charge in [0.05, 0.1) is 12.1 Å². The fourth-order valence-electron chi connectivity index (χ4n) is 3.39. The summed E-state index contributed by atoms with van der Waals surface area (Å²) in [7, 11) is 0. The molecule has 0 radical (unpaired) electrons. The number of anilines is 1. The minimum absolute atomic E-state index is 0.123. The average molecular weight is 281 g/mol. The zero-order chi connectivity index (χ0) is 14.7. The highest BCUT2D eigenvalue weighted by Gasteiger charge is 2.34. The fraction of sp³-hybridized carbons (Fsp3) is 0.368. The van der Waals surface area contributed by atoms with Gasteiger partial charge in [0.25, 0.3) is 0 Å². The lowest BCUT2D eigenvalue weighted by molar-refractivity contribution is 0.202. The van der Waals surface area contributed by atoms with Crippen LogP contribution >= 0.6 is 0 Å². The molecule has 1 aliphatic carbocycles. The van der Waals surface area contributed by atoms with Crippen LogP contribution in [0.25, 0.3) is 0 Å². The Morgan fingerprint density at radius 1 is 1.05 bits per heavy atom. The van der Waals surface area contributed by atoms with Crippen LogP contribution in [0.3, 0.4) is 0 Å². The summed E-state index contributed by atoms with van der Waals surface area (Å²) in [5.74, 6) is 0. The standard InChI is InChI=1S/C19H23NO/c1-15-8-2-5-12-18(15)20-19(14-21)13-7-6-10-16-9-3-4-11-17(16)19/h2-5,8-9,11-12,20-21H,6-7,10,13-14H2,1H3. The Balaban J connectivity index is 2.05. The Morgan fingerprint density at radius 2 is 1.81 bits per heavy atom. The van der Waals surface area contributed by atoms with E-state index in [-0.39, 0.29) is 12.1 Å². The molecule has 2 aromatic carbocycles. The van der Waals surface area contributed by atoms with E-state index in [1.807, 2.05) is 12.1 Å². The Labute approximate surface area is 126 Å². The summed E-state index contributed by atoms with van der Waals surface area (Å²) in [5, 5.41) is 13.9. The number of hydrogen-bond acceptors (Lipinski definition) is 2. The largest absolute Gasteiger partial charge is 0.394 e. The van der Waals surface area contributed by atoms with E-state index in [0.29, 0.717) is 0 Å². The third kappa shape index (κ3) is 2.68. The predicted octanol–water partition coefficient (Wildman–Crippen LogP) is 4.02. The van der Waals surface area contributed by atoms with E-state index in [2.05, 4.69) is 48.6 Å². The van der Waals surface area contributed by atoms with Gasteiger partial charge in [-0.3, -0.25) is 0 Å². The van der Waals surface area contributed by atoms with Crippen molar-refractivity contribution in [3.05, 3.63) is 65.2 Å². The maximum atomic E-state index is 10.2. The number of aliphatic hydroxyl groups excluding tert-OH is 1. The summed E-state index contributed by atoms with van der Waals surface area (Å²) in [4.78, 5) is 0. The maximum Gasteiger partial charge on any atom is 0.0859 e. The molecule has 1 aliphatic rings. The molecule has 0 aromatic heterocycles. The number of para-hydroxylation sites is 1. The first kappa shape index (κ1) is 14.2. The van der Waals surface area contributed by atoms with E-state index >= 15 is 0 Å². The van der Waals surface area contributed by atoms with Crippen molar-refractivity contribution in [3.8, 4) is 0 Å². The first-order valence-electron chi connectivity index (χ1n) is 7.78. The second kappa shape index (κ2) is 5.90. The number of aryl methyl sites for hydroxylation is 2. The van der Waals surface area contributed by atoms with Gasteiger partial charge in [0, 0.05) is 5.69 Å². The predicted molar refractivity (Wildman–Crippen MR) is 87.6 cm³/mol. The summed E-state index contributed by atoms with van der Waals surface area (Å²) in [6, 6.07) is 16.8. The molecule has 0 fully saturated rings. The first-order chi connectivity index (χ1) is 10.2. The normalized spacial score (nSPS) is 21.4. The van der Waals surface area contributed by atoms with Crippen molar-refractivity contribution < 1.29 is 5.11 Å². The molecule has 2 heteroatoms. The Morgan fingerprint density at radius 3 is 2.62 bits per heavy atom. The highest BCUT2D eigenvalue weighted by molar-refractivity contribution is 5.55. The Hall–Kier alpha value is -1.80. The van der Waals surface area contributed by atoms with Crippen LogP contribution in [0.15, 0.2) is 48.5 Å². The molecule has 0 amide bonds. The quantitative estimate of drug-likeness (QED) is 0.833. The lowest BCUT2D eigenvalue weighted by Gasteiger charge is -2.35. The van der Waals surface area contributed by atoms with Crippen LogP contribution in [0.5, 0.6) is 0 Å². The van der Waals surface area contributed by atoms with Crippen LogP contribution in [0.2, 0.25) is 0 Å². The van der Waals surface area contributed by atoms with E-state index in [4.69, 9.17) is 0 Å². The minimum Gasteiger partial charge on any atom is -0.394 e. The van der Waals surface area contributed by atoms with Crippen LogP contribution in [0, 0.1) is 6.92 Å². The molecular formula is C19H23NO. The van der Waals surface area contributed by atoms with Gasteiger partial charge in [-0.05, 0) is 48.9 Å². The fourth-order valence-corrected chi connectivity index (χ4v) is 3.39. The van der Waals surface area contributed by atoms with Gasteiger partial charge in [-0.1, -0.05) is 48.9 Å². The van der Waals surface area contributed by atoms with Crippen LogP contribution in [0.4, 0.5) is 5.69 Å². The number of benzene rings is 2. The van der Waals surface area contributed by atoms with Gasteiger partial charge in [-0.25, -0.2) is 0 Å². The zero-order valence-corrected chi connectivity index (χ0v) is 12.6. The summed E-state index contributed by atoms with van der Waals surface area (Å²) in [6.45, 7) is 2.23. The lowest BCUT2D eigenvalue weighted by atomic mass is 9.84. The van der Waals surface area contributed by atoms with Crippen molar-refractivity contribution in [1.82, 2.24) is 0 Å². The van der Waals surface area contributed by atoms with Crippen molar-refractivity contribution in [2.75, 3.05) is 11.9 Å². The van der Waals surface area contributed by atoms with Crippen LogP contribution < -0.4 is 5.32 Å². The highest BCUT2D eigenvalue weighted by Crippen LogP contribution is 2.37. The number of nitrogens with one attached hydrogen (secondary N) is 1. The van der Waals surface area contributed by atoms with Crippen LogP contribution in [-0.2, 0) is 12.0 Å². The number of fused-ring (bicyclic) bond motifs is 1. The number of hydrogen-bond donors (Lipinski definition) is 2. The van der Waals surface area contributed by atoms with Crippen LogP contribution in [-0.4, -0.2) is 11.7 Å². The van der Waals surface area contributed by atoms with Gasteiger partial charge >= 0.3 is 0 Å². The van der Waals surface area contributed by atoms with Crippen LogP contribution in [0.1, 0.15) is 36.0 Å². The smallest absolute Gasteiger partial charge is 0.0859 e. The lowest BCUT2D eigenvalue weighted by Crippen LogP contribution is -2.39. The molecule has 0 saturated carbocycles. The van der Waals surface area contributed by atoms with E-state index < -0.39 is 0 Å².